The van der Waals surface area contributed by atoms with Crippen LogP contribution in [-0.4, -0.2) is 54.3 Å². The first kappa shape index (κ1) is 16.6. The molecule has 1 N–H and O–H groups in total. The number of nitrogens with zero attached hydrogens (tertiary/aromatic N) is 3. The largest absolute Gasteiger partial charge is 0.478 e. The maximum atomic E-state index is 6.09. The zero-order valence-corrected chi connectivity index (χ0v) is 15.1. The van der Waals surface area contributed by atoms with Crippen LogP contribution in [0.5, 0.6) is 5.88 Å². The van der Waals surface area contributed by atoms with Crippen LogP contribution in [-0.2, 0) is 11.3 Å². The first-order valence-corrected chi connectivity index (χ1v) is 9.55. The summed E-state index contributed by atoms with van der Waals surface area (Å²) in [6.45, 7) is 8.29. The maximum absolute atomic E-state index is 6.09. The normalized spacial score (nSPS) is 30.6. The van der Waals surface area contributed by atoms with Crippen LogP contribution in [0.4, 0.5) is 0 Å². The van der Waals surface area contributed by atoms with Crippen molar-refractivity contribution in [3.8, 4) is 5.88 Å². The molecule has 1 aromatic heterocycles. The molecule has 4 unspecified atom stereocenters. The zero-order valence-electron chi connectivity index (χ0n) is 15.1. The predicted molar refractivity (Wildman–Crippen MR) is 96.7 cm³/mol. The van der Waals surface area contributed by atoms with E-state index in [1.54, 1.807) is 6.20 Å². The highest BCUT2D eigenvalue weighted by Crippen LogP contribution is 2.47. The van der Waals surface area contributed by atoms with E-state index in [0.717, 1.165) is 31.2 Å². The van der Waals surface area contributed by atoms with Gasteiger partial charge in [0.1, 0.15) is 0 Å². The number of ether oxygens (including phenoxy) is 2. The van der Waals surface area contributed by atoms with Gasteiger partial charge in [0.2, 0.25) is 5.88 Å². The number of aliphatic imine (C=N–C) groups is 1. The van der Waals surface area contributed by atoms with Crippen LogP contribution in [0.25, 0.3) is 0 Å². The summed E-state index contributed by atoms with van der Waals surface area (Å²) >= 11 is 0. The SMILES string of the molecule is CCNC(=NCc1cccnc1OCC)N1CC2C3CCC(O3)C2C1. The summed E-state index contributed by atoms with van der Waals surface area (Å²) in [5, 5.41) is 3.46. The van der Waals surface area contributed by atoms with E-state index in [0.29, 0.717) is 43.1 Å². The second-order valence-electron chi connectivity index (χ2n) is 7.09. The van der Waals surface area contributed by atoms with Crippen molar-refractivity contribution in [2.45, 2.75) is 45.4 Å². The molecule has 0 amide bonds. The van der Waals surface area contributed by atoms with E-state index in [9.17, 15) is 0 Å². The molecule has 6 heteroatoms. The van der Waals surface area contributed by atoms with Gasteiger partial charge in [0.05, 0.1) is 25.4 Å². The number of aromatic nitrogens is 1. The van der Waals surface area contributed by atoms with Gasteiger partial charge in [-0.1, -0.05) is 6.07 Å². The molecule has 3 aliphatic rings. The van der Waals surface area contributed by atoms with E-state index in [-0.39, 0.29) is 0 Å². The van der Waals surface area contributed by atoms with E-state index in [1.807, 2.05) is 19.1 Å². The predicted octanol–water partition coefficient (Wildman–Crippen LogP) is 2.05. The number of guanidine groups is 1. The van der Waals surface area contributed by atoms with Crippen LogP contribution in [0.15, 0.2) is 23.3 Å². The van der Waals surface area contributed by atoms with Crippen LogP contribution >= 0.6 is 0 Å². The highest BCUT2D eigenvalue weighted by molar-refractivity contribution is 5.80. The molecule has 136 valence electrons. The van der Waals surface area contributed by atoms with Crippen molar-refractivity contribution < 1.29 is 9.47 Å². The molecule has 4 heterocycles. The zero-order chi connectivity index (χ0) is 17.2. The molecule has 1 aromatic rings. The fourth-order valence-corrected chi connectivity index (χ4v) is 4.53. The van der Waals surface area contributed by atoms with Gasteiger partial charge in [-0.3, -0.25) is 0 Å². The Morgan fingerprint density at radius 2 is 2.08 bits per heavy atom. The van der Waals surface area contributed by atoms with Gasteiger partial charge in [-0.05, 0) is 32.8 Å². The number of fused-ring (bicyclic) bond motifs is 5. The fraction of sp³-hybridized carbons (Fsp3) is 0.684. The van der Waals surface area contributed by atoms with Crippen LogP contribution in [0.2, 0.25) is 0 Å². The van der Waals surface area contributed by atoms with Gasteiger partial charge >= 0.3 is 0 Å². The molecule has 3 fully saturated rings. The van der Waals surface area contributed by atoms with Gasteiger partial charge in [0.15, 0.2) is 5.96 Å². The first-order valence-electron chi connectivity index (χ1n) is 9.55. The Hall–Kier alpha value is -1.82. The van der Waals surface area contributed by atoms with Gasteiger partial charge in [-0.15, -0.1) is 0 Å². The topological polar surface area (TPSA) is 59.0 Å². The van der Waals surface area contributed by atoms with Crippen molar-refractivity contribution in [2.24, 2.45) is 16.8 Å². The number of likely N-dealkylation sites (tertiary alicyclic amines) is 1. The first-order chi connectivity index (χ1) is 12.3. The molecule has 0 aliphatic carbocycles. The third-order valence-corrected chi connectivity index (χ3v) is 5.62. The van der Waals surface area contributed by atoms with E-state index in [2.05, 4.69) is 22.1 Å². The summed E-state index contributed by atoms with van der Waals surface area (Å²) in [6, 6.07) is 3.98. The Kier molecular flexibility index (Phi) is 4.79. The Labute approximate surface area is 149 Å². The van der Waals surface area contributed by atoms with Crippen molar-refractivity contribution in [3.05, 3.63) is 23.9 Å². The van der Waals surface area contributed by atoms with E-state index in [4.69, 9.17) is 14.5 Å². The standard InChI is InChI=1S/C19H28N4O2/c1-3-20-19(22-10-13-6-5-9-21-18(13)24-4-2)23-11-14-15(12-23)17-8-7-16(14)25-17/h5-6,9,14-17H,3-4,7-8,10-12H2,1-2H3,(H,20,22). The van der Waals surface area contributed by atoms with Crippen LogP contribution in [0.3, 0.4) is 0 Å². The summed E-state index contributed by atoms with van der Waals surface area (Å²) in [4.78, 5) is 11.6. The number of nitrogens with one attached hydrogen (secondary N) is 1. The Balaban J connectivity index is 1.47. The van der Waals surface area contributed by atoms with Gasteiger partial charge in [0, 0.05) is 43.2 Å². The number of hydrogen-bond donors (Lipinski definition) is 1. The van der Waals surface area contributed by atoms with E-state index in [1.165, 1.54) is 12.8 Å². The second-order valence-corrected chi connectivity index (χ2v) is 7.09. The van der Waals surface area contributed by atoms with Gasteiger partial charge in [-0.2, -0.15) is 0 Å². The minimum absolute atomic E-state index is 0.478. The molecule has 0 aromatic carbocycles. The van der Waals surface area contributed by atoms with Crippen LogP contribution < -0.4 is 10.1 Å². The van der Waals surface area contributed by atoms with Crippen molar-refractivity contribution in [1.29, 1.82) is 0 Å². The van der Waals surface area contributed by atoms with Crippen LogP contribution in [0.1, 0.15) is 32.3 Å². The van der Waals surface area contributed by atoms with Crippen molar-refractivity contribution >= 4 is 5.96 Å². The molecule has 4 atom stereocenters. The quantitative estimate of drug-likeness (QED) is 0.654. The fourth-order valence-electron chi connectivity index (χ4n) is 4.53. The minimum atomic E-state index is 0.478. The number of hydrogen-bond acceptors (Lipinski definition) is 4. The lowest BCUT2D eigenvalue weighted by molar-refractivity contribution is 0.0767. The smallest absolute Gasteiger partial charge is 0.218 e. The number of pyridine rings is 1. The molecule has 0 radical (unpaired) electrons. The average molecular weight is 344 g/mol. The molecule has 4 rings (SSSR count). The Morgan fingerprint density at radius 3 is 2.76 bits per heavy atom. The van der Waals surface area contributed by atoms with Crippen molar-refractivity contribution in [2.75, 3.05) is 26.2 Å². The van der Waals surface area contributed by atoms with Crippen molar-refractivity contribution in [1.82, 2.24) is 15.2 Å². The third-order valence-electron chi connectivity index (χ3n) is 5.62. The molecule has 25 heavy (non-hydrogen) atoms. The van der Waals surface area contributed by atoms with Gasteiger partial charge < -0.3 is 19.7 Å². The van der Waals surface area contributed by atoms with Crippen molar-refractivity contribution in [3.63, 3.8) is 0 Å². The Morgan fingerprint density at radius 1 is 1.32 bits per heavy atom. The monoisotopic (exact) mass is 344 g/mol. The van der Waals surface area contributed by atoms with Gasteiger partial charge in [0.25, 0.3) is 0 Å². The second kappa shape index (κ2) is 7.20. The summed E-state index contributed by atoms with van der Waals surface area (Å²) in [5.41, 5.74) is 1.03. The molecule has 0 saturated carbocycles. The van der Waals surface area contributed by atoms with Gasteiger partial charge in [-0.25, -0.2) is 9.98 Å². The van der Waals surface area contributed by atoms with E-state index < -0.39 is 0 Å². The third kappa shape index (κ3) is 3.19. The minimum Gasteiger partial charge on any atom is -0.478 e. The average Bonchev–Trinajstić information content (AvgIpc) is 3.32. The molecule has 3 saturated heterocycles. The molecule has 2 bridgehead atoms. The van der Waals surface area contributed by atoms with Crippen LogP contribution in [0, 0.1) is 11.8 Å². The molecular weight excluding hydrogens is 316 g/mol. The lowest BCUT2D eigenvalue weighted by Crippen LogP contribution is -2.41. The molecule has 0 spiro atoms. The molecular formula is C19H28N4O2. The number of rotatable bonds is 5. The lowest BCUT2D eigenvalue weighted by Gasteiger charge is -2.23. The highest BCUT2D eigenvalue weighted by Gasteiger charge is 2.53. The maximum Gasteiger partial charge on any atom is 0.218 e. The summed E-state index contributed by atoms with van der Waals surface area (Å²) in [5.74, 6) is 3.05. The Bertz CT molecular complexity index is 618. The highest BCUT2D eigenvalue weighted by atomic mass is 16.5. The van der Waals surface area contributed by atoms with E-state index >= 15 is 0 Å². The molecule has 3 aliphatic heterocycles. The summed E-state index contributed by atoms with van der Waals surface area (Å²) in [7, 11) is 0. The lowest BCUT2D eigenvalue weighted by atomic mass is 9.82. The summed E-state index contributed by atoms with van der Waals surface area (Å²) in [6.07, 6.45) is 5.19. The summed E-state index contributed by atoms with van der Waals surface area (Å²) < 4.78 is 11.7. The molecule has 6 nitrogen and oxygen atoms in total.